The van der Waals surface area contributed by atoms with Crippen LogP contribution in [0.5, 0.6) is 0 Å². The number of carbonyl (C=O) groups is 1. The Kier molecular flexibility index (Phi) is 5.66. The third-order valence-corrected chi connectivity index (χ3v) is 9.24. The number of para-hydroxylation sites is 1. The molecular formula is C28H41NO. The molecule has 0 spiro atoms. The lowest BCUT2D eigenvalue weighted by molar-refractivity contribution is -0.135. The first kappa shape index (κ1) is 21.7. The van der Waals surface area contributed by atoms with E-state index in [1.54, 1.807) is 11.1 Å². The second kappa shape index (κ2) is 7.84. The molecule has 1 aromatic carbocycles. The topological polar surface area (TPSA) is 29.1 Å². The van der Waals surface area contributed by atoms with E-state index in [4.69, 9.17) is 0 Å². The van der Waals surface area contributed by atoms with E-state index in [1.165, 1.54) is 38.5 Å². The summed E-state index contributed by atoms with van der Waals surface area (Å²) < 4.78 is 0. The van der Waals surface area contributed by atoms with Crippen LogP contribution >= 0.6 is 0 Å². The molecule has 1 amide bonds. The van der Waals surface area contributed by atoms with Crippen molar-refractivity contribution in [3.05, 3.63) is 40.5 Å². The molecule has 2 nitrogen and oxygen atoms in total. The molecule has 4 rings (SSSR count). The summed E-state index contributed by atoms with van der Waals surface area (Å²) in [5, 5.41) is 3.38. The standard InChI is InChI=1S/C28H41NO/c1-18(2)21-11-13-23-22(17-21)12-14-24-27(23,5)15-8-16-28(24,6)26(30)29-25-19(3)9-7-10-20(25)4/h7,9-10,18,21,24H,8,11-17H2,1-6H3,(H,29,30)/t21-,24-,27-,28+/m1/s1. The quantitative estimate of drug-likeness (QED) is 0.513. The molecule has 0 radical (unpaired) electrons. The van der Waals surface area contributed by atoms with Gasteiger partial charge in [-0.05, 0) is 93.1 Å². The molecule has 0 bridgehead atoms. The van der Waals surface area contributed by atoms with Gasteiger partial charge in [0.15, 0.2) is 0 Å². The van der Waals surface area contributed by atoms with Crippen molar-refractivity contribution < 1.29 is 4.79 Å². The van der Waals surface area contributed by atoms with E-state index in [0.29, 0.717) is 5.92 Å². The largest absolute Gasteiger partial charge is 0.325 e. The summed E-state index contributed by atoms with van der Waals surface area (Å²) in [4.78, 5) is 13.8. The minimum atomic E-state index is -0.283. The van der Waals surface area contributed by atoms with Gasteiger partial charge in [0.2, 0.25) is 5.91 Å². The average molecular weight is 408 g/mol. The minimum Gasteiger partial charge on any atom is -0.325 e. The molecule has 1 fully saturated rings. The van der Waals surface area contributed by atoms with Crippen molar-refractivity contribution in [1.82, 2.24) is 0 Å². The maximum atomic E-state index is 13.8. The number of fused-ring (bicyclic) bond motifs is 2. The van der Waals surface area contributed by atoms with Crippen LogP contribution in [0.15, 0.2) is 29.3 Å². The number of allylic oxidation sites excluding steroid dienone is 2. The summed E-state index contributed by atoms with van der Waals surface area (Å²) in [7, 11) is 0. The van der Waals surface area contributed by atoms with E-state index in [9.17, 15) is 4.79 Å². The number of nitrogens with one attached hydrogen (secondary N) is 1. The van der Waals surface area contributed by atoms with Gasteiger partial charge in [0.25, 0.3) is 0 Å². The predicted octanol–water partition coefficient (Wildman–Crippen LogP) is 7.60. The number of carbonyl (C=O) groups excluding carboxylic acids is 1. The summed E-state index contributed by atoms with van der Waals surface area (Å²) in [6.07, 6.45) is 9.73. The monoisotopic (exact) mass is 407 g/mol. The number of hydrogen-bond donors (Lipinski definition) is 1. The Morgan fingerprint density at radius 3 is 2.43 bits per heavy atom. The van der Waals surface area contributed by atoms with Gasteiger partial charge in [0.1, 0.15) is 0 Å². The van der Waals surface area contributed by atoms with Crippen LogP contribution in [0, 0.1) is 42.4 Å². The zero-order chi connectivity index (χ0) is 21.7. The number of aryl methyl sites for hydroxylation is 2. The molecule has 3 aliphatic carbocycles. The Balaban J connectivity index is 1.63. The maximum Gasteiger partial charge on any atom is 0.230 e. The van der Waals surface area contributed by atoms with Gasteiger partial charge in [0.05, 0.1) is 5.41 Å². The normalized spacial score (nSPS) is 33.8. The lowest BCUT2D eigenvalue weighted by Crippen LogP contribution is -2.52. The van der Waals surface area contributed by atoms with E-state index >= 15 is 0 Å². The van der Waals surface area contributed by atoms with Gasteiger partial charge in [-0.1, -0.05) is 63.5 Å². The Labute approximate surface area is 183 Å². The number of amides is 1. The first-order valence-electron chi connectivity index (χ1n) is 12.3. The van der Waals surface area contributed by atoms with Gasteiger partial charge in [-0.3, -0.25) is 4.79 Å². The zero-order valence-electron chi connectivity index (χ0n) is 20.0. The molecule has 0 saturated heterocycles. The van der Waals surface area contributed by atoms with Crippen molar-refractivity contribution in [2.45, 2.75) is 92.9 Å². The molecule has 0 unspecified atom stereocenters. The van der Waals surface area contributed by atoms with Crippen molar-refractivity contribution in [1.29, 1.82) is 0 Å². The number of rotatable bonds is 3. The lowest BCUT2D eigenvalue weighted by atomic mass is 9.48. The van der Waals surface area contributed by atoms with Crippen LogP contribution in [0.4, 0.5) is 5.69 Å². The highest BCUT2D eigenvalue weighted by atomic mass is 16.2. The van der Waals surface area contributed by atoms with Crippen molar-refractivity contribution in [3.8, 4) is 0 Å². The van der Waals surface area contributed by atoms with Crippen LogP contribution < -0.4 is 5.32 Å². The van der Waals surface area contributed by atoms with Crippen molar-refractivity contribution >= 4 is 11.6 Å². The third-order valence-electron chi connectivity index (χ3n) is 9.24. The van der Waals surface area contributed by atoms with Crippen molar-refractivity contribution in [3.63, 3.8) is 0 Å². The van der Waals surface area contributed by atoms with E-state index in [0.717, 1.165) is 41.5 Å². The van der Waals surface area contributed by atoms with Gasteiger partial charge < -0.3 is 5.32 Å². The summed E-state index contributed by atoms with van der Waals surface area (Å²) in [5.74, 6) is 2.34. The van der Waals surface area contributed by atoms with Crippen molar-refractivity contribution in [2.75, 3.05) is 5.32 Å². The highest BCUT2D eigenvalue weighted by Crippen LogP contribution is 2.62. The van der Waals surface area contributed by atoms with Crippen LogP contribution in [0.3, 0.4) is 0 Å². The van der Waals surface area contributed by atoms with Crippen LogP contribution in [0.1, 0.15) is 90.2 Å². The van der Waals surface area contributed by atoms with Gasteiger partial charge in [-0.2, -0.15) is 0 Å². The number of hydrogen-bond acceptors (Lipinski definition) is 1. The summed E-state index contributed by atoms with van der Waals surface area (Å²) in [5.41, 5.74) is 6.77. The smallest absolute Gasteiger partial charge is 0.230 e. The van der Waals surface area contributed by atoms with Gasteiger partial charge in [-0.25, -0.2) is 0 Å². The highest BCUT2D eigenvalue weighted by molar-refractivity contribution is 5.96. The Bertz CT molecular complexity index is 845. The van der Waals surface area contributed by atoms with E-state index in [2.05, 4.69) is 65.1 Å². The third kappa shape index (κ3) is 3.45. The van der Waals surface area contributed by atoms with Crippen LogP contribution in [-0.4, -0.2) is 5.91 Å². The lowest BCUT2D eigenvalue weighted by Gasteiger charge is -2.56. The fourth-order valence-electron chi connectivity index (χ4n) is 7.29. The molecule has 4 atom stereocenters. The van der Waals surface area contributed by atoms with E-state index in [-0.39, 0.29) is 16.7 Å². The van der Waals surface area contributed by atoms with Crippen molar-refractivity contribution in [2.24, 2.45) is 28.6 Å². The summed E-state index contributed by atoms with van der Waals surface area (Å²) in [6, 6.07) is 6.27. The van der Waals surface area contributed by atoms with Gasteiger partial charge >= 0.3 is 0 Å². The van der Waals surface area contributed by atoms with E-state index in [1.807, 2.05) is 0 Å². The number of anilines is 1. The molecule has 0 aliphatic heterocycles. The summed E-state index contributed by atoms with van der Waals surface area (Å²) >= 11 is 0. The molecular weight excluding hydrogens is 366 g/mol. The molecule has 1 N–H and O–H groups in total. The van der Waals surface area contributed by atoms with Gasteiger partial charge in [-0.15, -0.1) is 0 Å². The van der Waals surface area contributed by atoms with Crippen LogP contribution in [-0.2, 0) is 4.79 Å². The maximum absolute atomic E-state index is 13.8. The molecule has 164 valence electrons. The van der Waals surface area contributed by atoms with Gasteiger partial charge in [0, 0.05) is 5.69 Å². The predicted molar refractivity (Wildman–Crippen MR) is 127 cm³/mol. The van der Waals surface area contributed by atoms with E-state index < -0.39 is 0 Å². The summed E-state index contributed by atoms with van der Waals surface area (Å²) in [6.45, 7) is 13.7. The molecule has 3 aliphatic rings. The Morgan fingerprint density at radius 2 is 1.77 bits per heavy atom. The molecule has 0 heterocycles. The molecule has 2 heteroatoms. The SMILES string of the molecule is Cc1cccc(C)c1NC(=O)[C@@]1(C)CCC[C@]2(C)C3=C(CC[C@@H]12)C[C@H](C(C)C)CC3. The average Bonchev–Trinajstić information content (AvgIpc) is 2.70. The molecule has 1 aromatic rings. The fourth-order valence-corrected chi connectivity index (χ4v) is 7.29. The second-order valence-electron chi connectivity index (χ2n) is 11.3. The zero-order valence-corrected chi connectivity index (χ0v) is 20.0. The molecule has 1 saturated carbocycles. The number of benzene rings is 1. The van der Waals surface area contributed by atoms with Crippen LogP contribution in [0.2, 0.25) is 0 Å². The molecule has 0 aromatic heterocycles. The first-order valence-corrected chi connectivity index (χ1v) is 12.3. The highest BCUT2D eigenvalue weighted by Gasteiger charge is 2.56. The second-order valence-corrected chi connectivity index (χ2v) is 11.3. The minimum absolute atomic E-state index is 0.209. The van der Waals surface area contributed by atoms with Crippen LogP contribution in [0.25, 0.3) is 0 Å². The Morgan fingerprint density at radius 1 is 1.07 bits per heavy atom. The first-order chi connectivity index (χ1) is 14.2. The fraction of sp³-hybridized carbons (Fsp3) is 0.679. The Hall–Kier alpha value is -1.57. The molecule has 30 heavy (non-hydrogen) atoms.